The number of aryl methyl sites for hydroxylation is 1. The first kappa shape index (κ1) is 15.0. The molecule has 0 bridgehead atoms. The van der Waals surface area contributed by atoms with Crippen LogP contribution in [0.4, 0.5) is 9.93 Å². The monoisotopic (exact) mass is 322 g/mol. The van der Waals surface area contributed by atoms with Gasteiger partial charge in [-0.1, -0.05) is 11.3 Å². The van der Waals surface area contributed by atoms with Crippen molar-refractivity contribution in [3.63, 3.8) is 0 Å². The van der Waals surface area contributed by atoms with E-state index in [2.05, 4.69) is 15.5 Å². The van der Waals surface area contributed by atoms with Gasteiger partial charge in [-0.25, -0.2) is 4.79 Å². The molecule has 0 unspecified atom stereocenters. The third-order valence-electron chi connectivity index (χ3n) is 3.40. The van der Waals surface area contributed by atoms with E-state index in [9.17, 15) is 4.79 Å². The minimum atomic E-state index is -0.219. The second-order valence-electron chi connectivity index (χ2n) is 5.15. The van der Waals surface area contributed by atoms with E-state index in [4.69, 9.17) is 9.15 Å². The van der Waals surface area contributed by atoms with Crippen LogP contribution in [0.5, 0.6) is 0 Å². The van der Waals surface area contributed by atoms with E-state index in [-0.39, 0.29) is 12.1 Å². The van der Waals surface area contributed by atoms with E-state index < -0.39 is 0 Å². The standard InChI is InChI=1S/C14H18N4O3S/c1-10-16-17-13(22-10)15-14(19)18(8-11-4-2-6-20-11)9-12-5-3-7-21-12/h2,4,6,12H,3,5,7-9H2,1H3,(H,15,17,19)/t12-/m1/s1. The van der Waals surface area contributed by atoms with Gasteiger partial charge in [0.15, 0.2) is 0 Å². The number of furan rings is 1. The Labute approximate surface area is 132 Å². The van der Waals surface area contributed by atoms with E-state index >= 15 is 0 Å². The maximum Gasteiger partial charge on any atom is 0.324 e. The quantitative estimate of drug-likeness (QED) is 0.915. The van der Waals surface area contributed by atoms with Gasteiger partial charge in [-0.2, -0.15) is 0 Å². The molecular weight excluding hydrogens is 304 g/mol. The van der Waals surface area contributed by atoms with Gasteiger partial charge in [0.05, 0.1) is 18.9 Å². The number of carbonyl (C=O) groups is 1. The molecule has 1 aliphatic heterocycles. The Bertz CT molecular complexity index is 607. The number of hydrogen-bond acceptors (Lipinski definition) is 6. The summed E-state index contributed by atoms with van der Waals surface area (Å²) in [5.74, 6) is 0.738. The summed E-state index contributed by atoms with van der Waals surface area (Å²) >= 11 is 1.35. The summed E-state index contributed by atoms with van der Waals surface area (Å²) < 4.78 is 11.0. The van der Waals surface area contributed by atoms with Crippen molar-refractivity contribution in [1.29, 1.82) is 0 Å². The molecule has 0 spiro atoms. The number of nitrogens with one attached hydrogen (secondary N) is 1. The van der Waals surface area contributed by atoms with Crippen LogP contribution in [0.2, 0.25) is 0 Å². The average Bonchev–Trinajstić information content (AvgIpc) is 3.21. The van der Waals surface area contributed by atoms with E-state index in [0.717, 1.165) is 30.2 Å². The first-order valence-corrected chi connectivity index (χ1v) is 8.02. The number of urea groups is 1. The maximum absolute atomic E-state index is 12.5. The van der Waals surface area contributed by atoms with Crippen LogP contribution in [0.3, 0.4) is 0 Å². The highest BCUT2D eigenvalue weighted by Crippen LogP contribution is 2.18. The molecule has 7 nitrogen and oxygen atoms in total. The zero-order valence-electron chi connectivity index (χ0n) is 12.3. The van der Waals surface area contributed by atoms with Crippen LogP contribution in [0.25, 0.3) is 0 Å². The SMILES string of the molecule is Cc1nnc(NC(=O)N(Cc2ccco2)C[C@H]2CCCO2)s1. The fraction of sp³-hybridized carbons (Fsp3) is 0.500. The molecule has 2 aromatic heterocycles. The van der Waals surface area contributed by atoms with Crippen LogP contribution < -0.4 is 5.32 Å². The van der Waals surface area contributed by atoms with Crippen molar-refractivity contribution in [3.8, 4) is 0 Å². The Morgan fingerprint density at radius 1 is 1.55 bits per heavy atom. The molecule has 2 aromatic rings. The lowest BCUT2D eigenvalue weighted by Crippen LogP contribution is -2.39. The lowest BCUT2D eigenvalue weighted by molar-refractivity contribution is 0.0803. The van der Waals surface area contributed by atoms with Crippen LogP contribution >= 0.6 is 11.3 Å². The molecule has 22 heavy (non-hydrogen) atoms. The summed E-state index contributed by atoms with van der Waals surface area (Å²) in [5, 5.41) is 11.9. The maximum atomic E-state index is 12.5. The zero-order chi connectivity index (χ0) is 15.4. The molecular formula is C14H18N4O3S. The molecule has 1 saturated heterocycles. The molecule has 0 aliphatic carbocycles. The topological polar surface area (TPSA) is 80.5 Å². The number of amides is 2. The molecule has 3 heterocycles. The molecule has 3 rings (SSSR count). The van der Waals surface area contributed by atoms with Gasteiger partial charge in [-0.15, -0.1) is 10.2 Å². The van der Waals surface area contributed by atoms with Crippen molar-refractivity contribution in [3.05, 3.63) is 29.2 Å². The zero-order valence-corrected chi connectivity index (χ0v) is 13.1. The molecule has 8 heteroatoms. The summed E-state index contributed by atoms with van der Waals surface area (Å²) in [6.45, 7) is 3.54. The van der Waals surface area contributed by atoms with Crippen molar-refractivity contribution in [1.82, 2.24) is 15.1 Å². The van der Waals surface area contributed by atoms with Gasteiger partial charge in [0, 0.05) is 13.2 Å². The summed E-state index contributed by atoms with van der Waals surface area (Å²) in [5.41, 5.74) is 0. The number of carbonyl (C=O) groups excluding carboxylic acids is 1. The molecule has 2 amide bonds. The van der Waals surface area contributed by atoms with Crippen molar-refractivity contribution < 1.29 is 13.9 Å². The molecule has 1 aliphatic rings. The highest BCUT2D eigenvalue weighted by atomic mass is 32.1. The number of ether oxygens (including phenoxy) is 1. The van der Waals surface area contributed by atoms with Crippen LogP contribution in [0, 0.1) is 6.92 Å². The van der Waals surface area contributed by atoms with Gasteiger partial charge in [0.25, 0.3) is 0 Å². The lowest BCUT2D eigenvalue weighted by atomic mass is 10.2. The van der Waals surface area contributed by atoms with E-state index in [1.165, 1.54) is 11.3 Å². The van der Waals surface area contributed by atoms with Crippen LogP contribution in [0.1, 0.15) is 23.6 Å². The first-order valence-electron chi connectivity index (χ1n) is 7.21. The third kappa shape index (κ3) is 3.83. The normalized spacial score (nSPS) is 17.6. The first-order chi connectivity index (χ1) is 10.7. The van der Waals surface area contributed by atoms with Crippen molar-refractivity contribution in [2.24, 2.45) is 0 Å². The number of hydrogen-bond donors (Lipinski definition) is 1. The lowest BCUT2D eigenvalue weighted by Gasteiger charge is -2.24. The Balaban J connectivity index is 1.66. The van der Waals surface area contributed by atoms with Crippen LogP contribution in [-0.2, 0) is 11.3 Å². The molecule has 1 atom stereocenters. The fourth-order valence-corrected chi connectivity index (χ4v) is 2.94. The Kier molecular flexibility index (Phi) is 4.69. The van der Waals surface area contributed by atoms with Crippen LogP contribution in [0.15, 0.2) is 22.8 Å². The number of nitrogens with zero attached hydrogens (tertiary/aromatic N) is 3. The summed E-state index contributed by atoms with van der Waals surface area (Å²) in [7, 11) is 0. The minimum Gasteiger partial charge on any atom is -0.467 e. The molecule has 0 aromatic carbocycles. The molecule has 0 saturated carbocycles. The van der Waals surface area contributed by atoms with Crippen molar-refractivity contribution in [2.45, 2.75) is 32.4 Å². The van der Waals surface area contributed by atoms with E-state index in [1.807, 2.05) is 19.1 Å². The average molecular weight is 322 g/mol. The summed E-state index contributed by atoms with van der Waals surface area (Å²) in [6.07, 6.45) is 3.69. The molecule has 118 valence electrons. The van der Waals surface area contributed by atoms with Crippen molar-refractivity contribution in [2.75, 3.05) is 18.5 Å². The van der Waals surface area contributed by atoms with E-state index in [1.54, 1.807) is 11.2 Å². The molecule has 1 N–H and O–H groups in total. The highest BCUT2D eigenvalue weighted by molar-refractivity contribution is 7.15. The van der Waals surface area contributed by atoms with Gasteiger partial charge in [-0.3, -0.25) is 5.32 Å². The number of anilines is 1. The van der Waals surface area contributed by atoms with Crippen molar-refractivity contribution >= 4 is 22.5 Å². The largest absolute Gasteiger partial charge is 0.467 e. The van der Waals surface area contributed by atoms with Gasteiger partial charge in [0.1, 0.15) is 10.8 Å². The molecule has 0 radical (unpaired) electrons. The smallest absolute Gasteiger partial charge is 0.324 e. The fourth-order valence-electron chi connectivity index (χ4n) is 2.36. The second kappa shape index (κ2) is 6.89. The Morgan fingerprint density at radius 2 is 2.45 bits per heavy atom. The van der Waals surface area contributed by atoms with E-state index in [0.29, 0.717) is 18.2 Å². The van der Waals surface area contributed by atoms with Gasteiger partial charge in [-0.05, 0) is 31.9 Å². The molecule has 1 fully saturated rings. The predicted octanol–water partition coefficient (Wildman–Crippen LogP) is 2.65. The Hall–Kier alpha value is -1.93. The van der Waals surface area contributed by atoms with Gasteiger partial charge in [0.2, 0.25) is 5.13 Å². The van der Waals surface area contributed by atoms with Gasteiger partial charge >= 0.3 is 6.03 Å². The number of aromatic nitrogens is 2. The predicted molar refractivity (Wildman–Crippen MR) is 81.8 cm³/mol. The summed E-state index contributed by atoms with van der Waals surface area (Å²) in [4.78, 5) is 14.2. The van der Waals surface area contributed by atoms with Gasteiger partial charge < -0.3 is 14.1 Å². The number of rotatable bonds is 5. The third-order valence-corrected chi connectivity index (χ3v) is 4.16. The highest BCUT2D eigenvalue weighted by Gasteiger charge is 2.24. The van der Waals surface area contributed by atoms with Crippen LogP contribution in [-0.4, -0.2) is 40.4 Å². The minimum absolute atomic E-state index is 0.0804. The second-order valence-corrected chi connectivity index (χ2v) is 6.33. The summed E-state index contributed by atoms with van der Waals surface area (Å²) in [6, 6.07) is 3.44. The Morgan fingerprint density at radius 3 is 3.09 bits per heavy atom.